The summed E-state index contributed by atoms with van der Waals surface area (Å²) in [5.41, 5.74) is -0.673. The van der Waals surface area contributed by atoms with E-state index in [1.54, 1.807) is 0 Å². The van der Waals surface area contributed by atoms with Crippen LogP contribution in [0, 0.1) is 18.6 Å². The minimum absolute atomic E-state index is 0.0357. The number of carbonyl (C=O) groups is 1. The third kappa shape index (κ3) is 5.87. The van der Waals surface area contributed by atoms with Crippen molar-refractivity contribution >= 4 is 16.9 Å². The molecule has 33 heavy (non-hydrogen) atoms. The van der Waals surface area contributed by atoms with Gasteiger partial charge in [0.1, 0.15) is 23.7 Å². The maximum Gasteiger partial charge on any atom is 0.297 e. The second kappa shape index (κ2) is 10.6. The lowest BCUT2D eigenvalue weighted by atomic mass is 9.95. The number of fused-ring (bicyclic) bond motifs is 1. The molecule has 0 saturated heterocycles. The van der Waals surface area contributed by atoms with Crippen molar-refractivity contribution in [3.8, 4) is 11.8 Å². The fourth-order valence-corrected chi connectivity index (χ4v) is 3.99. The van der Waals surface area contributed by atoms with Gasteiger partial charge in [-0.15, -0.1) is 0 Å². The molecule has 0 bridgehead atoms. The highest BCUT2D eigenvalue weighted by atomic mass is 19.3. The minimum atomic E-state index is -2.82. The van der Waals surface area contributed by atoms with E-state index in [2.05, 4.69) is 10.3 Å². The molecule has 1 fully saturated rings. The molecular formula is C22H29F4N3O4. The van der Waals surface area contributed by atoms with Crippen LogP contribution in [-0.2, 0) is 16.6 Å². The van der Waals surface area contributed by atoms with Gasteiger partial charge in [-0.25, -0.2) is 17.6 Å². The molecule has 0 aliphatic heterocycles. The molecule has 1 aliphatic rings. The zero-order valence-corrected chi connectivity index (χ0v) is 19.1. The fourth-order valence-electron chi connectivity index (χ4n) is 3.99. The van der Waals surface area contributed by atoms with Crippen molar-refractivity contribution in [1.29, 1.82) is 0 Å². The number of aryl methyl sites for hydroxylation is 1. The number of hydrogen-bond acceptors (Lipinski definition) is 5. The highest BCUT2D eigenvalue weighted by molar-refractivity contribution is 5.81. The molecule has 0 spiro atoms. The first kappa shape index (κ1) is 25.1. The second-order valence-electron chi connectivity index (χ2n) is 8.39. The van der Waals surface area contributed by atoms with Gasteiger partial charge in [0, 0.05) is 25.6 Å². The van der Waals surface area contributed by atoms with E-state index in [0.717, 1.165) is 12.8 Å². The van der Waals surface area contributed by atoms with Crippen molar-refractivity contribution in [1.82, 2.24) is 14.9 Å². The molecule has 3 rings (SSSR count). The van der Waals surface area contributed by atoms with Gasteiger partial charge in [-0.3, -0.25) is 9.36 Å². The monoisotopic (exact) mass is 475 g/mol. The molecule has 0 radical (unpaired) electrons. The van der Waals surface area contributed by atoms with Crippen LogP contribution >= 0.6 is 0 Å². The van der Waals surface area contributed by atoms with Crippen molar-refractivity contribution in [2.75, 3.05) is 13.2 Å². The number of nitrogens with zero attached hydrogens (tertiary/aromatic N) is 2. The molecule has 1 aromatic heterocycles. The molecule has 0 unspecified atom stereocenters. The molecule has 184 valence electrons. The lowest BCUT2D eigenvalue weighted by molar-refractivity contribution is -0.120. The number of carbonyl (C=O) groups excluding carboxylic acids is 1. The number of imidazole rings is 1. The lowest BCUT2D eigenvalue weighted by Gasteiger charge is -2.29. The van der Waals surface area contributed by atoms with Gasteiger partial charge in [-0.1, -0.05) is 0 Å². The quantitative estimate of drug-likeness (QED) is 0.555. The molecule has 1 amide bonds. The maximum absolute atomic E-state index is 15.0. The third-order valence-corrected chi connectivity index (χ3v) is 5.62. The number of halogens is 4. The summed E-state index contributed by atoms with van der Waals surface area (Å²) in [5.74, 6) is -2.46. The molecule has 1 heterocycles. The van der Waals surface area contributed by atoms with Crippen LogP contribution in [0.25, 0.3) is 11.0 Å². The summed E-state index contributed by atoms with van der Waals surface area (Å²) in [7, 11) is 1.47. The average molecular weight is 475 g/mol. The Kier molecular flexibility index (Phi) is 8.04. The summed E-state index contributed by atoms with van der Waals surface area (Å²) in [6, 6.07) is -0.0452. The van der Waals surface area contributed by atoms with Crippen molar-refractivity contribution < 1.29 is 36.6 Å². The third-order valence-electron chi connectivity index (χ3n) is 5.62. The molecule has 1 atom stereocenters. The molecule has 7 nitrogen and oxygen atoms in total. The van der Waals surface area contributed by atoms with Crippen LogP contribution in [0.3, 0.4) is 0 Å². The predicted molar refractivity (Wildman–Crippen MR) is 113 cm³/mol. The number of rotatable bonds is 9. The van der Waals surface area contributed by atoms with Crippen molar-refractivity contribution in [3.63, 3.8) is 0 Å². The first-order valence-electron chi connectivity index (χ1n) is 10.9. The van der Waals surface area contributed by atoms with Gasteiger partial charge in [0.2, 0.25) is 5.91 Å². The lowest BCUT2D eigenvalue weighted by Crippen LogP contribution is -2.37. The van der Waals surface area contributed by atoms with E-state index < -0.39 is 30.4 Å². The zero-order chi connectivity index (χ0) is 24.3. The van der Waals surface area contributed by atoms with Gasteiger partial charge in [-0.05, 0) is 39.5 Å². The standard InChI is InChI=1S/C22H29F4N3O4/c1-11(27-13(3)30)9-31-14-5-7-15(8-6-14)33-22-28-19-17(25)12(2)21(32-10-16(23)24)18(26)20(19)29(22)4/h11,14-16H,5-10H2,1-4H3,(H,27,30)/t11-,14-,15-/m0/s1. The highest BCUT2D eigenvalue weighted by Gasteiger charge is 2.28. The van der Waals surface area contributed by atoms with Gasteiger partial charge in [0.15, 0.2) is 17.4 Å². The van der Waals surface area contributed by atoms with Crippen molar-refractivity contribution in [2.24, 2.45) is 7.05 Å². The van der Waals surface area contributed by atoms with E-state index >= 15 is 0 Å². The smallest absolute Gasteiger partial charge is 0.297 e. The Bertz CT molecular complexity index is 990. The van der Waals surface area contributed by atoms with Crippen LogP contribution in [0.15, 0.2) is 0 Å². The molecule has 1 aliphatic carbocycles. The molecule has 1 N–H and O–H groups in total. The van der Waals surface area contributed by atoms with Gasteiger partial charge < -0.3 is 19.5 Å². The normalized spacial score (nSPS) is 19.7. The number of nitrogens with one attached hydrogen (secondary N) is 1. The van der Waals surface area contributed by atoms with E-state index in [1.807, 2.05) is 6.92 Å². The summed E-state index contributed by atoms with van der Waals surface area (Å²) in [4.78, 5) is 15.2. The molecule has 2 aromatic rings. The molecule has 11 heteroatoms. The van der Waals surface area contributed by atoms with Crippen LogP contribution < -0.4 is 14.8 Å². The number of amides is 1. The topological polar surface area (TPSA) is 74.6 Å². The van der Waals surface area contributed by atoms with E-state index in [-0.39, 0.29) is 46.8 Å². The second-order valence-corrected chi connectivity index (χ2v) is 8.39. The number of ether oxygens (including phenoxy) is 3. The molecule has 1 saturated carbocycles. The van der Waals surface area contributed by atoms with Crippen LogP contribution in [0.4, 0.5) is 17.6 Å². The van der Waals surface area contributed by atoms with E-state index in [1.165, 1.54) is 25.5 Å². The van der Waals surface area contributed by atoms with Crippen LogP contribution in [0.2, 0.25) is 0 Å². The average Bonchev–Trinajstić information content (AvgIpc) is 3.07. The van der Waals surface area contributed by atoms with E-state index in [9.17, 15) is 22.4 Å². The number of hydrogen-bond donors (Lipinski definition) is 1. The summed E-state index contributed by atoms with van der Waals surface area (Å²) in [6.45, 7) is 3.94. The van der Waals surface area contributed by atoms with Gasteiger partial charge in [0.05, 0.1) is 12.7 Å². The van der Waals surface area contributed by atoms with E-state index in [4.69, 9.17) is 14.2 Å². The first-order chi connectivity index (χ1) is 15.6. The Morgan fingerprint density at radius 2 is 1.79 bits per heavy atom. The van der Waals surface area contributed by atoms with E-state index in [0.29, 0.717) is 19.4 Å². The SMILES string of the molecule is CC(=O)N[C@@H](C)CO[C@H]1CC[C@H](Oc2nc3c(F)c(C)c(OCC(F)F)c(F)c3n2C)CC1. The summed E-state index contributed by atoms with van der Waals surface area (Å²) in [5, 5.41) is 2.77. The fraction of sp³-hybridized carbons (Fsp3) is 0.636. The number of aromatic nitrogens is 2. The Morgan fingerprint density at radius 1 is 1.15 bits per heavy atom. The Balaban J connectivity index is 1.67. The number of benzene rings is 1. The zero-order valence-electron chi connectivity index (χ0n) is 19.1. The summed E-state index contributed by atoms with van der Waals surface area (Å²) in [6.07, 6.45) is -0.210. The Hall–Kier alpha value is -2.56. The summed E-state index contributed by atoms with van der Waals surface area (Å²) < 4.78 is 72.7. The van der Waals surface area contributed by atoms with Gasteiger partial charge >= 0.3 is 0 Å². The maximum atomic E-state index is 15.0. The minimum Gasteiger partial charge on any atom is -0.484 e. The van der Waals surface area contributed by atoms with Gasteiger partial charge in [-0.2, -0.15) is 4.98 Å². The predicted octanol–water partition coefficient (Wildman–Crippen LogP) is 4.04. The Labute approximate surface area is 189 Å². The first-order valence-corrected chi connectivity index (χ1v) is 10.9. The molecule has 1 aromatic carbocycles. The van der Waals surface area contributed by atoms with Gasteiger partial charge in [0.25, 0.3) is 12.4 Å². The van der Waals surface area contributed by atoms with Crippen LogP contribution in [0.5, 0.6) is 11.8 Å². The van der Waals surface area contributed by atoms with Crippen LogP contribution in [0.1, 0.15) is 45.1 Å². The highest BCUT2D eigenvalue weighted by Crippen LogP contribution is 2.36. The summed E-state index contributed by atoms with van der Waals surface area (Å²) >= 11 is 0. The molecular weight excluding hydrogens is 446 g/mol. The Morgan fingerprint density at radius 3 is 2.39 bits per heavy atom. The number of alkyl halides is 2. The van der Waals surface area contributed by atoms with Crippen molar-refractivity contribution in [3.05, 3.63) is 17.2 Å². The van der Waals surface area contributed by atoms with Crippen LogP contribution in [-0.4, -0.2) is 53.3 Å². The van der Waals surface area contributed by atoms with Crippen molar-refractivity contribution in [2.45, 2.75) is 71.1 Å². The largest absolute Gasteiger partial charge is 0.484 e.